The summed E-state index contributed by atoms with van der Waals surface area (Å²) in [6, 6.07) is 12.5. The predicted molar refractivity (Wildman–Crippen MR) is 78.5 cm³/mol. The van der Waals surface area contributed by atoms with E-state index in [0.717, 1.165) is 17.9 Å². The minimum Gasteiger partial charge on any atom is -0.371 e. The molecule has 0 radical (unpaired) electrons. The van der Waals surface area contributed by atoms with Gasteiger partial charge in [-0.15, -0.1) is 0 Å². The summed E-state index contributed by atoms with van der Waals surface area (Å²) < 4.78 is 14.2. The number of benzene rings is 2. The lowest BCUT2D eigenvalue weighted by Crippen LogP contribution is -2.36. The van der Waals surface area contributed by atoms with Crippen LogP contribution in [0.4, 0.5) is 21.5 Å². The molecule has 2 aromatic carbocycles. The van der Waals surface area contributed by atoms with Crippen molar-refractivity contribution in [2.24, 2.45) is 0 Å². The van der Waals surface area contributed by atoms with Crippen molar-refractivity contribution in [3.8, 4) is 0 Å². The lowest BCUT2D eigenvalue weighted by atomic mass is 10.1. The molecule has 1 heterocycles. The van der Waals surface area contributed by atoms with Crippen LogP contribution in [0.15, 0.2) is 42.5 Å². The number of anilines is 3. The molecule has 0 atom stereocenters. The monoisotopic (exact) mass is 270 g/mol. The fourth-order valence-electron chi connectivity index (χ4n) is 2.57. The molecule has 0 aromatic heterocycles. The van der Waals surface area contributed by atoms with Crippen LogP contribution >= 0.6 is 0 Å². The number of hydrogen-bond acceptors (Lipinski definition) is 3. The van der Waals surface area contributed by atoms with E-state index in [1.807, 2.05) is 36.2 Å². The summed E-state index contributed by atoms with van der Waals surface area (Å²) in [7, 11) is 2.03. The molecule has 0 saturated heterocycles. The van der Waals surface area contributed by atoms with Crippen LogP contribution in [-0.4, -0.2) is 26.4 Å². The Morgan fingerprint density at radius 3 is 2.50 bits per heavy atom. The number of halogens is 1. The third kappa shape index (κ3) is 2.03. The standard InChI is InChI=1S/C16H15FN2O/c1-18-8-9-19(16-5-3-2-4-15(16)18)14-7-6-12(11-20)10-13(14)17/h2-7,10-11H,8-9H2,1H3. The zero-order chi connectivity index (χ0) is 14.1. The van der Waals surface area contributed by atoms with Crippen LogP contribution < -0.4 is 9.80 Å². The third-order valence-corrected chi connectivity index (χ3v) is 3.64. The first-order valence-corrected chi connectivity index (χ1v) is 6.53. The van der Waals surface area contributed by atoms with Crippen molar-refractivity contribution >= 4 is 23.3 Å². The molecule has 1 aliphatic heterocycles. The number of hydrogen-bond donors (Lipinski definition) is 0. The van der Waals surface area contributed by atoms with Crippen LogP contribution in [0.2, 0.25) is 0 Å². The lowest BCUT2D eigenvalue weighted by Gasteiger charge is -2.37. The Hall–Kier alpha value is -2.36. The van der Waals surface area contributed by atoms with Crippen LogP contribution in [-0.2, 0) is 0 Å². The maximum Gasteiger partial charge on any atom is 0.150 e. The summed E-state index contributed by atoms with van der Waals surface area (Å²) in [6.45, 7) is 1.54. The van der Waals surface area contributed by atoms with Gasteiger partial charge in [0.1, 0.15) is 12.1 Å². The number of carbonyl (C=O) groups excluding carboxylic acids is 1. The van der Waals surface area contributed by atoms with Gasteiger partial charge < -0.3 is 9.80 Å². The molecular weight excluding hydrogens is 255 g/mol. The van der Waals surface area contributed by atoms with Crippen molar-refractivity contribution < 1.29 is 9.18 Å². The Morgan fingerprint density at radius 2 is 1.80 bits per heavy atom. The summed E-state index contributed by atoms with van der Waals surface area (Å²) in [4.78, 5) is 14.8. The van der Waals surface area contributed by atoms with Gasteiger partial charge in [-0.25, -0.2) is 4.39 Å². The second-order valence-corrected chi connectivity index (χ2v) is 4.89. The Balaban J connectivity index is 2.08. The lowest BCUT2D eigenvalue weighted by molar-refractivity contribution is 0.112. The molecule has 0 spiro atoms. The molecule has 0 unspecified atom stereocenters. The van der Waals surface area contributed by atoms with Crippen molar-refractivity contribution in [1.29, 1.82) is 0 Å². The van der Waals surface area contributed by atoms with Gasteiger partial charge in [-0.3, -0.25) is 4.79 Å². The van der Waals surface area contributed by atoms with Crippen molar-refractivity contribution in [3.63, 3.8) is 0 Å². The molecule has 0 fully saturated rings. The molecule has 0 saturated carbocycles. The summed E-state index contributed by atoms with van der Waals surface area (Å²) in [6.07, 6.45) is 0.658. The molecule has 1 aliphatic rings. The Bertz CT molecular complexity index is 657. The first-order valence-electron chi connectivity index (χ1n) is 6.53. The number of nitrogens with zero attached hydrogens (tertiary/aromatic N) is 2. The summed E-state index contributed by atoms with van der Waals surface area (Å²) in [5.41, 5.74) is 2.93. The minimum absolute atomic E-state index is 0.355. The molecule has 0 bridgehead atoms. The summed E-state index contributed by atoms with van der Waals surface area (Å²) in [5, 5.41) is 0. The van der Waals surface area contributed by atoms with Gasteiger partial charge in [0, 0.05) is 25.7 Å². The fraction of sp³-hybridized carbons (Fsp3) is 0.188. The Kier molecular flexibility index (Phi) is 3.14. The van der Waals surface area contributed by atoms with E-state index in [-0.39, 0.29) is 5.82 Å². The molecule has 3 nitrogen and oxygen atoms in total. The molecule has 4 heteroatoms. The van der Waals surface area contributed by atoms with Gasteiger partial charge in [0.2, 0.25) is 0 Å². The number of fused-ring (bicyclic) bond motifs is 1. The first kappa shape index (κ1) is 12.7. The maximum absolute atomic E-state index is 14.2. The summed E-state index contributed by atoms with van der Waals surface area (Å²) >= 11 is 0. The molecular formula is C16H15FN2O. The first-order chi connectivity index (χ1) is 9.70. The van der Waals surface area contributed by atoms with Gasteiger partial charge in [-0.05, 0) is 30.3 Å². The van der Waals surface area contributed by atoms with E-state index in [0.29, 0.717) is 24.1 Å². The normalized spacial score (nSPS) is 14.1. The van der Waals surface area contributed by atoms with Crippen LogP contribution in [0.25, 0.3) is 0 Å². The number of rotatable bonds is 2. The van der Waals surface area contributed by atoms with Crippen LogP contribution in [0, 0.1) is 5.82 Å². The van der Waals surface area contributed by atoms with E-state index < -0.39 is 0 Å². The SMILES string of the molecule is CN1CCN(c2ccc(C=O)cc2F)c2ccccc21. The van der Waals surface area contributed by atoms with Crippen molar-refractivity contribution in [2.45, 2.75) is 0 Å². The number of carbonyl (C=O) groups is 1. The molecule has 0 amide bonds. The van der Waals surface area contributed by atoms with Gasteiger partial charge >= 0.3 is 0 Å². The van der Waals surface area contributed by atoms with E-state index in [1.54, 1.807) is 12.1 Å². The highest BCUT2D eigenvalue weighted by atomic mass is 19.1. The van der Waals surface area contributed by atoms with E-state index in [4.69, 9.17) is 0 Å². The molecule has 20 heavy (non-hydrogen) atoms. The highest BCUT2D eigenvalue weighted by Gasteiger charge is 2.22. The zero-order valence-corrected chi connectivity index (χ0v) is 11.2. The molecule has 2 aromatic rings. The molecule has 3 rings (SSSR count). The highest BCUT2D eigenvalue weighted by molar-refractivity contribution is 5.81. The second-order valence-electron chi connectivity index (χ2n) is 4.89. The van der Waals surface area contributed by atoms with Crippen molar-refractivity contribution in [2.75, 3.05) is 29.9 Å². The molecule has 0 aliphatic carbocycles. The Labute approximate surface area is 117 Å². The average molecular weight is 270 g/mol. The fourth-order valence-corrected chi connectivity index (χ4v) is 2.57. The van der Waals surface area contributed by atoms with E-state index in [9.17, 15) is 9.18 Å². The molecule has 0 N–H and O–H groups in total. The second kappa shape index (κ2) is 4.96. The quantitative estimate of drug-likeness (QED) is 0.783. The van der Waals surface area contributed by atoms with E-state index >= 15 is 0 Å². The number of likely N-dealkylation sites (N-methyl/N-ethyl adjacent to an activating group) is 1. The van der Waals surface area contributed by atoms with Crippen LogP contribution in [0.5, 0.6) is 0 Å². The maximum atomic E-state index is 14.2. The van der Waals surface area contributed by atoms with Gasteiger partial charge in [-0.2, -0.15) is 0 Å². The highest BCUT2D eigenvalue weighted by Crippen LogP contribution is 2.37. The number of aldehydes is 1. The summed E-state index contributed by atoms with van der Waals surface area (Å²) in [5.74, 6) is -0.367. The zero-order valence-electron chi connectivity index (χ0n) is 11.2. The minimum atomic E-state index is -0.367. The topological polar surface area (TPSA) is 23.6 Å². The average Bonchev–Trinajstić information content (AvgIpc) is 2.48. The van der Waals surface area contributed by atoms with Crippen molar-refractivity contribution in [1.82, 2.24) is 0 Å². The van der Waals surface area contributed by atoms with Gasteiger partial charge in [0.25, 0.3) is 0 Å². The number of para-hydroxylation sites is 2. The molecule has 102 valence electrons. The van der Waals surface area contributed by atoms with Gasteiger partial charge in [0.05, 0.1) is 17.1 Å². The van der Waals surface area contributed by atoms with E-state index in [2.05, 4.69) is 4.90 Å². The van der Waals surface area contributed by atoms with Gasteiger partial charge in [0.15, 0.2) is 0 Å². The van der Waals surface area contributed by atoms with Gasteiger partial charge in [-0.1, -0.05) is 12.1 Å². The Morgan fingerprint density at radius 1 is 1.05 bits per heavy atom. The predicted octanol–water partition coefficient (Wildman–Crippen LogP) is 3.23. The largest absolute Gasteiger partial charge is 0.371 e. The van der Waals surface area contributed by atoms with Crippen molar-refractivity contribution in [3.05, 3.63) is 53.8 Å². The smallest absolute Gasteiger partial charge is 0.150 e. The van der Waals surface area contributed by atoms with Crippen LogP contribution in [0.1, 0.15) is 10.4 Å². The third-order valence-electron chi connectivity index (χ3n) is 3.64. The van der Waals surface area contributed by atoms with Crippen LogP contribution in [0.3, 0.4) is 0 Å². The van der Waals surface area contributed by atoms with E-state index in [1.165, 1.54) is 6.07 Å².